The Balaban J connectivity index is 0.000000980. The summed E-state index contributed by atoms with van der Waals surface area (Å²) in [5.74, 6) is 1.75. The molecule has 0 aliphatic rings. The molecule has 74 valence electrons. The summed E-state index contributed by atoms with van der Waals surface area (Å²) in [6.45, 7) is 1.93. The van der Waals surface area contributed by atoms with E-state index in [-0.39, 0.29) is 12.4 Å². The first-order valence-electron chi connectivity index (χ1n) is 3.99. The summed E-state index contributed by atoms with van der Waals surface area (Å²) in [5, 5.41) is 0. The molecule has 4 nitrogen and oxygen atoms in total. The monoisotopic (exact) mass is 210 g/mol. The lowest BCUT2D eigenvalue weighted by Crippen LogP contribution is -1.98. The predicted molar refractivity (Wildman–Crippen MR) is 57.8 cm³/mol. The Labute approximate surface area is 88.2 Å². The van der Waals surface area contributed by atoms with Crippen LogP contribution >= 0.6 is 12.4 Å². The molecule has 0 aliphatic heterocycles. The van der Waals surface area contributed by atoms with Gasteiger partial charge in [-0.1, -0.05) is 0 Å². The third-order valence-corrected chi connectivity index (χ3v) is 1.84. The molecule has 2 aromatic heterocycles. The van der Waals surface area contributed by atoms with E-state index in [1.807, 2.05) is 29.8 Å². The van der Waals surface area contributed by atoms with Crippen LogP contribution < -0.4 is 5.73 Å². The Morgan fingerprint density at radius 3 is 2.57 bits per heavy atom. The van der Waals surface area contributed by atoms with E-state index >= 15 is 0 Å². The minimum absolute atomic E-state index is 0. The third-order valence-electron chi connectivity index (χ3n) is 1.84. The van der Waals surface area contributed by atoms with Crippen molar-refractivity contribution in [2.45, 2.75) is 6.92 Å². The molecular weight excluding hydrogens is 200 g/mol. The number of hydrogen-bond donors (Lipinski definition) is 1. The molecule has 0 saturated carbocycles. The zero-order chi connectivity index (χ0) is 9.26. The van der Waals surface area contributed by atoms with E-state index in [1.165, 1.54) is 0 Å². The zero-order valence-corrected chi connectivity index (χ0v) is 8.53. The first-order chi connectivity index (χ1) is 6.27. The minimum Gasteiger partial charge on any atom is -0.397 e. The van der Waals surface area contributed by atoms with Gasteiger partial charge in [-0.25, -0.2) is 9.97 Å². The highest BCUT2D eigenvalue weighted by atomic mass is 35.5. The number of nitrogens with zero attached hydrogens (tertiary/aromatic N) is 3. The van der Waals surface area contributed by atoms with Gasteiger partial charge in [-0.2, -0.15) is 0 Å². The number of nitrogens with two attached hydrogens (primary N) is 1. The van der Waals surface area contributed by atoms with Gasteiger partial charge in [-0.15, -0.1) is 12.4 Å². The molecule has 0 unspecified atom stereocenters. The highest BCUT2D eigenvalue weighted by Crippen LogP contribution is 2.08. The molecule has 2 aromatic rings. The summed E-state index contributed by atoms with van der Waals surface area (Å²) in [4.78, 5) is 8.29. The molecule has 0 bridgehead atoms. The maximum atomic E-state index is 5.53. The van der Waals surface area contributed by atoms with Gasteiger partial charge in [0.05, 0.1) is 11.9 Å². The molecule has 0 radical (unpaired) electrons. The van der Waals surface area contributed by atoms with Crippen molar-refractivity contribution in [3.63, 3.8) is 0 Å². The van der Waals surface area contributed by atoms with Crippen molar-refractivity contribution in [2.24, 2.45) is 0 Å². The first-order valence-corrected chi connectivity index (χ1v) is 3.99. The van der Waals surface area contributed by atoms with Crippen LogP contribution in [0.1, 0.15) is 5.82 Å². The van der Waals surface area contributed by atoms with Gasteiger partial charge in [-0.05, 0) is 19.1 Å². The molecule has 0 aromatic carbocycles. The molecule has 0 atom stereocenters. The van der Waals surface area contributed by atoms with E-state index < -0.39 is 0 Å². The topological polar surface area (TPSA) is 56.7 Å². The van der Waals surface area contributed by atoms with Crippen molar-refractivity contribution >= 4 is 18.1 Å². The van der Waals surface area contributed by atoms with E-state index in [9.17, 15) is 0 Å². The lowest BCUT2D eigenvalue weighted by Gasteiger charge is -2.02. The maximum Gasteiger partial charge on any atom is 0.138 e. The van der Waals surface area contributed by atoms with Gasteiger partial charge in [0.15, 0.2) is 0 Å². The predicted octanol–water partition coefficient (Wildman–Crippen LogP) is 1.58. The number of imidazole rings is 1. The first kappa shape index (κ1) is 10.5. The Bertz CT molecular complexity index is 407. The molecule has 0 amide bonds. The van der Waals surface area contributed by atoms with Crippen molar-refractivity contribution in [3.8, 4) is 5.82 Å². The van der Waals surface area contributed by atoms with Gasteiger partial charge < -0.3 is 5.73 Å². The van der Waals surface area contributed by atoms with Gasteiger partial charge in [0.2, 0.25) is 0 Å². The number of halogens is 1. The summed E-state index contributed by atoms with van der Waals surface area (Å²) in [5.41, 5.74) is 6.20. The SMILES string of the molecule is Cc1nccn1-c1ccc(N)cn1.Cl. The molecule has 0 fully saturated rings. The largest absolute Gasteiger partial charge is 0.397 e. The number of nitrogen functional groups attached to an aromatic ring is 1. The fraction of sp³-hybridized carbons (Fsp3) is 0.111. The summed E-state index contributed by atoms with van der Waals surface area (Å²) in [6, 6.07) is 3.69. The summed E-state index contributed by atoms with van der Waals surface area (Å²) in [7, 11) is 0. The van der Waals surface area contributed by atoms with Crippen LogP contribution in [0.5, 0.6) is 0 Å². The Hall–Kier alpha value is -1.55. The average molecular weight is 211 g/mol. The lowest BCUT2D eigenvalue weighted by atomic mass is 10.4. The van der Waals surface area contributed by atoms with Crippen LogP contribution in [0, 0.1) is 6.92 Å². The maximum absolute atomic E-state index is 5.53. The number of aromatic nitrogens is 3. The van der Waals surface area contributed by atoms with Gasteiger partial charge in [0, 0.05) is 12.4 Å². The second-order valence-electron chi connectivity index (χ2n) is 2.79. The zero-order valence-electron chi connectivity index (χ0n) is 7.71. The molecule has 0 aliphatic carbocycles. The van der Waals surface area contributed by atoms with Crippen LogP contribution in [0.4, 0.5) is 5.69 Å². The Morgan fingerprint density at radius 2 is 2.07 bits per heavy atom. The summed E-state index contributed by atoms with van der Waals surface area (Å²) >= 11 is 0. The highest BCUT2D eigenvalue weighted by molar-refractivity contribution is 5.85. The van der Waals surface area contributed by atoms with Crippen molar-refractivity contribution in [1.82, 2.24) is 14.5 Å². The average Bonchev–Trinajstić information content (AvgIpc) is 2.53. The normalized spacial score (nSPS) is 9.50. The second kappa shape index (κ2) is 4.11. The van der Waals surface area contributed by atoms with Crippen LogP contribution in [-0.2, 0) is 0 Å². The molecule has 5 heteroatoms. The van der Waals surface area contributed by atoms with E-state index in [0.717, 1.165) is 11.6 Å². The van der Waals surface area contributed by atoms with Gasteiger partial charge in [-0.3, -0.25) is 4.57 Å². The minimum atomic E-state index is 0. The molecular formula is C9H11ClN4. The van der Waals surface area contributed by atoms with Gasteiger partial charge >= 0.3 is 0 Å². The van der Waals surface area contributed by atoms with E-state index in [4.69, 9.17) is 5.73 Å². The number of anilines is 1. The summed E-state index contributed by atoms with van der Waals surface area (Å²) in [6.07, 6.45) is 5.25. The van der Waals surface area contributed by atoms with E-state index in [0.29, 0.717) is 5.69 Å². The van der Waals surface area contributed by atoms with E-state index in [1.54, 1.807) is 12.4 Å². The molecule has 2 N–H and O–H groups in total. The Morgan fingerprint density at radius 1 is 1.29 bits per heavy atom. The molecule has 2 rings (SSSR count). The van der Waals surface area contributed by atoms with Crippen molar-refractivity contribution in [1.29, 1.82) is 0 Å². The van der Waals surface area contributed by atoms with Gasteiger partial charge in [0.25, 0.3) is 0 Å². The van der Waals surface area contributed by atoms with Crippen LogP contribution in [-0.4, -0.2) is 14.5 Å². The molecule has 0 saturated heterocycles. The molecule has 0 spiro atoms. The van der Waals surface area contributed by atoms with Crippen LogP contribution in [0.2, 0.25) is 0 Å². The fourth-order valence-electron chi connectivity index (χ4n) is 1.16. The quantitative estimate of drug-likeness (QED) is 0.778. The molecule has 14 heavy (non-hydrogen) atoms. The smallest absolute Gasteiger partial charge is 0.138 e. The number of pyridine rings is 1. The highest BCUT2D eigenvalue weighted by Gasteiger charge is 1.99. The molecule has 2 heterocycles. The van der Waals surface area contributed by atoms with Crippen LogP contribution in [0.15, 0.2) is 30.7 Å². The second-order valence-corrected chi connectivity index (χ2v) is 2.79. The standard InChI is InChI=1S/C9H10N4.ClH/c1-7-11-4-5-13(7)9-3-2-8(10)6-12-9;/h2-6H,10H2,1H3;1H. The number of rotatable bonds is 1. The third kappa shape index (κ3) is 1.85. The van der Waals surface area contributed by atoms with Crippen LogP contribution in [0.3, 0.4) is 0 Å². The fourth-order valence-corrected chi connectivity index (χ4v) is 1.16. The van der Waals surface area contributed by atoms with Crippen molar-refractivity contribution in [2.75, 3.05) is 5.73 Å². The van der Waals surface area contributed by atoms with E-state index in [2.05, 4.69) is 9.97 Å². The summed E-state index contributed by atoms with van der Waals surface area (Å²) < 4.78 is 1.90. The van der Waals surface area contributed by atoms with Crippen molar-refractivity contribution in [3.05, 3.63) is 36.5 Å². The van der Waals surface area contributed by atoms with Gasteiger partial charge in [0.1, 0.15) is 11.6 Å². The lowest BCUT2D eigenvalue weighted by molar-refractivity contribution is 0.933. The number of hydrogen-bond acceptors (Lipinski definition) is 3. The van der Waals surface area contributed by atoms with Crippen LogP contribution in [0.25, 0.3) is 5.82 Å². The number of aryl methyl sites for hydroxylation is 1. The van der Waals surface area contributed by atoms with Crippen molar-refractivity contribution < 1.29 is 0 Å². The Kier molecular flexibility index (Phi) is 3.09.